The molecular formula is C24H26Cl2N4O3S. The molecule has 0 unspecified atom stereocenters. The van der Waals surface area contributed by atoms with Crippen LogP contribution >= 0.6 is 23.2 Å². The number of anilines is 1. The van der Waals surface area contributed by atoms with E-state index >= 15 is 0 Å². The maximum atomic E-state index is 12.6. The van der Waals surface area contributed by atoms with E-state index in [0.717, 1.165) is 44.3 Å². The SMILES string of the molecule is Cc1cccc(C)c1N(CC(=O)N/N=C/c1cc(C)n(-c2cccc(Cl)c2Cl)c1C)S(C)(=O)=O. The number of hydrogen-bond acceptors (Lipinski definition) is 4. The van der Waals surface area contributed by atoms with Crippen molar-refractivity contribution in [2.45, 2.75) is 27.7 Å². The van der Waals surface area contributed by atoms with Crippen molar-refractivity contribution in [3.05, 3.63) is 80.6 Å². The number of aryl methyl sites for hydroxylation is 3. The molecule has 1 heterocycles. The molecule has 0 aliphatic heterocycles. The summed E-state index contributed by atoms with van der Waals surface area (Å²) in [7, 11) is -3.69. The predicted molar refractivity (Wildman–Crippen MR) is 139 cm³/mol. The van der Waals surface area contributed by atoms with Crippen molar-refractivity contribution in [3.8, 4) is 5.69 Å². The summed E-state index contributed by atoms with van der Waals surface area (Å²) in [6, 6.07) is 12.8. The number of amides is 1. The zero-order chi connectivity index (χ0) is 25.2. The molecule has 3 rings (SSSR count). The Morgan fingerprint density at radius 2 is 1.71 bits per heavy atom. The number of nitrogens with zero attached hydrogens (tertiary/aromatic N) is 3. The predicted octanol–water partition coefficient (Wildman–Crippen LogP) is 4.93. The number of hydrazone groups is 1. The molecule has 0 saturated carbocycles. The van der Waals surface area contributed by atoms with Gasteiger partial charge in [-0.15, -0.1) is 0 Å². The lowest BCUT2D eigenvalue weighted by Crippen LogP contribution is -2.39. The number of halogens is 2. The monoisotopic (exact) mass is 520 g/mol. The van der Waals surface area contributed by atoms with Crippen LogP contribution in [0.25, 0.3) is 5.69 Å². The fourth-order valence-electron chi connectivity index (χ4n) is 3.85. The van der Waals surface area contributed by atoms with Crippen LogP contribution in [0.1, 0.15) is 28.1 Å². The largest absolute Gasteiger partial charge is 0.316 e. The molecule has 0 aliphatic carbocycles. The molecule has 0 atom stereocenters. The fraction of sp³-hybridized carbons (Fsp3) is 0.250. The van der Waals surface area contributed by atoms with Gasteiger partial charge in [-0.25, -0.2) is 13.8 Å². The first-order valence-electron chi connectivity index (χ1n) is 10.4. The third-order valence-electron chi connectivity index (χ3n) is 5.41. The van der Waals surface area contributed by atoms with Gasteiger partial charge in [-0.2, -0.15) is 5.10 Å². The Labute approximate surface area is 210 Å². The first kappa shape index (κ1) is 25.8. The van der Waals surface area contributed by atoms with E-state index in [4.69, 9.17) is 23.2 Å². The second kappa shape index (κ2) is 10.2. The summed E-state index contributed by atoms with van der Waals surface area (Å²) >= 11 is 12.6. The second-order valence-electron chi connectivity index (χ2n) is 8.04. The fourth-order valence-corrected chi connectivity index (χ4v) is 5.21. The van der Waals surface area contributed by atoms with E-state index < -0.39 is 15.9 Å². The maximum Gasteiger partial charge on any atom is 0.260 e. The minimum atomic E-state index is -3.69. The van der Waals surface area contributed by atoms with Crippen LogP contribution in [0.2, 0.25) is 10.0 Å². The number of sulfonamides is 1. The topological polar surface area (TPSA) is 83.8 Å². The molecule has 0 spiro atoms. The van der Waals surface area contributed by atoms with Gasteiger partial charge in [0.05, 0.1) is 33.9 Å². The minimum absolute atomic E-state index is 0.390. The molecule has 0 radical (unpaired) electrons. The Balaban J connectivity index is 1.80. The van der Waals surface area contributed by atoms with Gasteiger partial charge in [0, 0.05) is 17.0 Å². The van der Waals surface area contributed by atoms with E-state index in [9.17, 15) is 13.2 Å². The normalized spacial score (nSPS) is 11.7. The summed E-state index contributed by atoms with van der Waals surface area (Å²) in [5, 5.41) is 4.94. The standard InChI is InChI=1S/C24H26Cl2N4O3S/c1-15-8-6-9-16(2)24(15)29(34(5,32)33)14-22(31)28-27-13-19-12-17(3)30(18(19)4)21-11-7-10-20(25)23(21)26/h6-13H,14H2,1-5H3,(H,28,31)/b27-13+. The third kappa shape index (κ3) is 5.46. The van der Waals surface area contributed by atoms with Crippen molar-refractivity contribution in [2.75, 3.05) is 17.1 Å². The Bertz CT molecular complexity index is 1360. The van der Waals surface area contributed by atoms with Crippen molar-refractivity contribution < 1.29 is 13.2 Å². The van der Waals surface area contributed by atoms with Crippen LogP contribution in [0.15, 0.2) is 47.6 Å². The first-order valence-corrected chi connectivity index (χ1v) is 13.0. The Hall–Kier alpha value is -2.81. The number of aromatic nitrogens is 1. The van der Waals surface area contributed by atoms with Crippen LogP contribution in [0.5, 0.6) is 0 Å². The van der Waals surface area contributed by atoms with Gasteiger partial charge in [-0.3, -0.25) is 9.10 Å². The summed E-state index contributed by atoms with van der Waals surface area (Å²) in [5.74, 6) is -0.559. The highest BCUT2D eigenvalue weighted by Gasteiger charge is 2.23. The van der Waals surface area contributed by atoms with Crippen molar-refractivity contribution in [2.24, 2.45) is 5.10 Å². The molecule has 1 aromatic heterocycles. The lowest BCUT2D eigenvalue weighted by molar-refractivity contribution is -0.119. The third-order valence-corrected chi connectivity index (χ3v) is 7.33. The van der Waals surface area contributed by atoms with E-state index in [-0.39, 0.29) is 6.54 Å². The van der Waals surface area contributed by atoms with Gasteiger partial charge >= 0.3 is 0 Å². The molecule has 10 heteroatoms. The molecule has 1 N–H and O–H groups in total. The molecule has 0 saturated heterocycles. The summed E-state index contributed by atoms with van der Waals surface area (Å²) in [4.78, 5) is 12.6. The molecule has 7 nitrogen and oxygen atoms in total. The Morgan fingerprint density at radius 3 is 2.32 bits per heavy atom. The zero-order valence-corrected chi connectivity index (χ0v) is 21.9. The molecule has 0 bridgehead atoms. The summed E-state index contributed by atoms with van der Waals surface area (Å²) in [6.45, 7) is 7.05. The van der Waals surface area contributed by atoms with Gasteiger partial charge in [0.2, 0.25) is 10.0 Å². The molecular weight excluding hydrogens is 495 g/mol. The number of hydrogen-bond donors (Lipinski definition) is 1. The van der Waals surface area contributed by atoms with Crippen LogP contribution in [0, 0.1) is 27.7 Å². The van der Waals surface area contributed by atoms with Gasteiger partial charge in [0.1, 0.15) is 6.54 Å². The van der Waals surface area contributed by atoms with Gasteiger partial charge in [-0.1, -0.05) is 47.5 Å². The number of carbonyl (C=O) groups excluding carboxylic acids is 1. The summed E-state index contributed by atoms with van der Waals surface area (Å²) in [6.07, 6.45) is 2.59. The second-order valence-corrected chi connectivity index (χ2v) is 10.7. The first-order chi connectivity index (χ1) is 15.9. The number of carbonyl (C=O) groups is 1. The number of para-hydroxylation sites is 1. The van der Waals surface area contributed by atoms with Crippen molar-refractivity contribution in [1.29, 1.82) is 0 Å². The van der Waals surface area contributed by atoms with Crippen LogP contribution in [-0.4, -0.2) is 37.9 Å². The summed E-state index contributed by atoms with van der Waals surface area (Å²) in [5.41, 5.74) is 7.71. The molecule has 1 amide bonds. The molecule has 0 fully saturated rings. The Kier molecular flexibility index (Phi) is 7.75. The summed E-state index contributed by atoms with van der Waals surface area (Å²) < 4.78 is 27.9. The van der Waals surface area contributed by atoms with Gasteiger partial charge < -0.3 is 4.57 Å². The smallest absolute Gasteiger partial charge is 0.260 e. The van der Waals surface area contributed by atoms with Gasteiger partial charge in [0.25, 0.3) is 5.91 Å². The number of nitrogens with one attached hydrogen (secondary N) is 1. The van der Waals surface area contributed by atoms with E-state index in [2.05, 4.69) is 10.5 Å². The van der Waals surface area contributed by atoms with Gasteiger partial charge in [0.15, 0.2) is 0 Å². The highest BCUT2D eigenvalue weighted by atomic mass is 35.5. The van der Waals surface area contributed by atoms with E-state index in [1.165, 1.54) is 6.21 Å². The quantitative estimate of drug-likeness (QED) is 0.353. The maximum absolute atomic E-state index is 12.6. The van der Waals surface area contributed by atoms with Crippen molar-refractivity contribution >= 4 is 51.0 Å². The molecule has 2 aromatic carbocycles. The van der Waals surface area contributed by atoms with Crippen LogP contribution in [0.3, 0.4) is 0 Å². The lowest BCUT2D eigenvalue weighted by Gasteiger charge is -2.25. The van der Waals surface area contributed by atoms with E-state index in [1.54, 1.807) is 32.0 Å². The number of rotatable bonds is 7. The molecule has 3 aromatic rings. The Morgan fingerprint density at radius 1 is 1.09 bits per heavy atom. The number of benzene rings is 2. The average Bonchev–Trinajstić information content (AvgIpc) is 3.01. The van der Waals surface area contributed by atoms with E-state index in [0.29, 0.717) is 15.7 Å². The highest BCUT2D eigenvalue weighted by Crippen LogP contribution is 2.31. The highest BCUT2D eigenvalue weighted by molar-refractivity contribution is 7.92. The van der Waals surface area contributed by atoms with Crippen LogP contribution in [-0.2, 0) is 14.8 Å². The lowest BCUT2D eigenvalue weighted by atomic mass is 10.1. The van der Waals surface area contributed by atoms with Crippen LogP contribution in [0.4, 0.5) is 5.69 Å². The van der Waals surface area contributed by atoms with Gasteiger partial charge in [-0.05, 0) is 57.0 Å². The molecule has 34 heavy (non-hydrogen) atoms. The molecule has 180 valence electrons. The van der Waals surface area contributed by atoms with E-state index in [1.807, 2.05) is 42.7 Å². The van der Waals surface area contributed by atoms with Crippen molar-refractivity contribution in [3.63, 3.8) is 0 Å². The zero-order valence-electron chi connectivity index (χ0n) is 19.6. The minimum Gasteiger partial charge on any atom is -0.316 e. The molecule has 0 aliphatic rings. The van der Waals surface area contributed by atoms with Crippen LogP contribution < -0.4 is 9.73 Å². The van der Waals surface area contributed by atoms with Crippen molar-refractivity contribution in [1.82, 2.24) is 9.99 Å². The average molecular weight is 521 g/mol.